The standard InChI is InChI=1S/C21H13ClN2O5S/c1-10-4-7-14(29-10)18(25)16-17(13-3-2-8-28-13)24(20(27)19(16)26)21-23-12-6-5-11(22)9-15(12)30-21/h2-9,17,26H,1H3. The Hall–Kier alpha value is -3.36. The van der Waals surface area contributed by atoms with Gasteiger partial charge in [-0.3, -0.25) is 14.5 Å². The highest BCUT2D eigenvalue weighted by molar-refractivity contribution is 7.22. The maximum atomic E-state index is 13.1. The summed E-state index contributed by atoms with van der Waals surface area (Å²) in [5.41, 5.74) is 0.521. The van der Waals surface area contributed by atoms with Gasteiger partial charge in [0.15, 0.2) is 16.7 Å². The normalized spacial score (nSPS) is 16.8. The molecule has 0 spiro atoms. The van der Waals surface area contributed by atoms with Gasteiger partial charge < -0.3 is 13.9 Å². The van der Waals surface area contributed by atoms with E-state index in [0.29, 0.717) is 27.2 Å². The number of nitrogens with zero attached hydrogens (tertiary/aromatic N) is 2. The number of rotatable bonds is 4. The molecule has 7 nitrogen and oxygen atoms in total. The lowest BCUT2D eigenvalue weighted by molar-refractivity contribution is -0.117. The molecule has 1 atom stereocenters. The topological polar surface area (TPSA) is 96.8 Å². The van der Waals surface area contributed by atoms with Gasteiger partial charge in [-0.1, -0.05) is 22.9 Å². The third-order valence-electron chi connectivity index (χ3n) is 4.77. The molecule has 1 aliphatic rings. The minimum Gasteiger partial charge on any atom is -0.503 e. The number of amides is 1. The number of benzene rings is 1. The molecule has 150 valence electrons. The number of hydrogen-bond acceptors (Lipinski definition) is 7. The molecule has 0 saturated heterocycles. The number of fused-ring (bicyclic) bond motifs is 1. The van der Waals surface area contributed by atoms with Crippen LogP contribution >= 0.6 is 22.9 Å². The van der Waals surface area contributed by atoms with Gasteiger partial charge in [0.25, 0.3) is 5.91 Å². The zero-order valence-electron chi connectivity index (χ0n) is 15.5. The van der Waals surface area contributed by atoms with Gasteiger partial charge in [-0.05, 0) is 49.4 Å². The summed E-state index contributed by atoms with van der Waals surface area (Å²) < 4.78 is 11.7. The van der Waals surface area contributed by atoms with Gasteiger partial charge in [-0.25, -0.2) is 4.98 Å². The summed E-state index contributed by atoms with van der Waals surface area (Å²) in [6, 6.07) is 10.6. The zero-order chi connectivity index (χ0) is 21.0. The van der Waals surface area contributed by atoms with E-state index in [0.717, 1.165) is 4.70 Å². The lowest BCUT2D eigenvalue weighted by Crippen LogP contribution is -2.30. The van der Waals surface area contributed by atoms with Crippen molar-refractivity contribution in [3.8, 4) is 0 Å². The van der Waals surface area contributed by atoms with Crippen LogP contribution in [-0.4, -0.2) is 21.8 Å². The Bertz CT molecular complexity index is 1330. The monoisotopic (exact) mass is 440 g/mol. The maximum absolute atomic E-state index is 13.1. The second-order valence-corrected chi connectivity index (χ2v) is 8.15. The number of aliphatic hydroxyl groups is 1. The second-order valence-electron chi connectivity index (χ2n) is 6.70. The van der Waals surface area contributed by atoms with E-state index in [2.05, 4.69) is 4.98 Å². The fourth-order valence-electron chi connectivity index (χ4n) is 3.43. The smallest absolute Gasteiger partial charge is 0.296 e. The molecule has 0 aliphatic carbocycles. The maximum Gasteiger partial charge on any atom is 0.296 e. The Labute approximate surface area is 178 Å². The van der Waals surface area contributed by atoms with Gasteiger partial charge in [0.05, 0.1) is 22.1 Å². The van der Waals surface area contributed by atoms with Crippen molar-refractivity contribution in [3.63, 3.8) is 0 Å². The summed E-state index contributed by atoms with van der Waals surface area (Å²) in [6.45, 7) is 1.70. The number of hydrogen-bond donors (Lipinski definition) is 1. The van der Waals surface area contributed by atoms with Crippen LogP contribution in [0.2, 0.25) is 5.02 Å². The van der Waals surface area contributed by atoms with Gasteiger partial charge >= 0.3 is 0 Å². The quantitative estimate of drug-likeness (QED) is 0.436. The molecule has 1 aliphatic heterocycles. The van der Waals surface area contributed by atoms with Crippen LogP contribution in [0.1, 0.15) is 28.1 Å². The van der Waals surface area contributed by atoms with Crippen molar-refractivity contribution < 1.29 is 23.5 Å². The van der Waals surface area contributed by atoms with Gasteiger partial charge in [-0.2, -0.15) is 0 Å². The summed E-state index contributed by atoms with van der Waals surface area (Å²) >= 11 is 7.29. The fraction of sp³-hybridized carbons (Fsp3) is 0.0952. The molecule has 1 unspecified atom stereocenters. The van der Waals surface area contributed by atoms with Gasteiger partial charge in [0.1, 0.15) is 17.6 Å². The summed E-state index contributed by atoms with van der Waals surface area (Å²) in [5.74, 6) is -1.12. The molecule has 0 fully saturated rings. The Morgan fingerprint density at radius 1 is 1.27 bits per heavy atom. The number of ketones is 1. The van der Waals surface area contributed by atoms with Crippen molar-refractivity contribution in [1.29, 1.82) is 0 Å². The highest BCUT2D eigenvalue weighted by Gasteiger charge is 2.47. The van der Waals surface area contributed by atoms with E-state index in [1.165, 1.54) is 28.6 Å². The number of aromatic nitrogens is 1. The Balaban J connectivity index is 1.66. The molecule has 0 radical (unpaired) electrons. The number of anilines is 1. The van der Waals surface area contributed by atoms with Crippen LogP contribution in [0.3, 0.4) is 0 Å². The van der Waals surface area contributed by atoms with Crippen molar-refractivity contribution >= 4 is 50.0 Å². The van der Waals surface area contributed by atoms with Crippen LogP contribution in [-0.2, 0) is 4.79 Å². The van der Waals surface area contributed by atoms with Crippen LogP contribution < -0.4 is 4.90 Å². The first-order chi connectivity index (χ1) is 14.4. The van der Waals surface area contributed by atoms with E-state index in [9.17, 15) is 14.7 Å². The zero-order valence-corrected chi connectivity index (χ0v) is 17.0. The molecular formula is C21H13ClN2O5S. The molecule has 0 bridgehead atoms. The van der Waals surface area contributed by atoms with E-state index in [4.69, 9.17) is 20.4 Å². The number of halogens is 1. The molecule has 0 saturated carbocycles. The number of carbonyl (C=O) groups is 2. The first-order valence-electron chi connectivity index (χ1n) is 8.91. The predicted molar refractivity (Wildman–Crippen MR) is 111 cm³/mol. The summed E-state index contributed by atoms with van der Waals surface area (Å²) in [5, 5.41) is 11.5. The van der Waals surface area contributed by atoms with E-state index in [1.807, 2.05) is 0 Å². The van der Waals surface area contributed by atoms with Gasteiger partial charge in [-0.15, -0.1) is 0 Å². The second kappa shape index (κ2) is 6.86. The molecule has 5 rings (SSSR count). The molecule has 3 aromatic heterocycles. The van der Waals surface area contributed by atoms with E-state index >= 15 is 0 Å². The molecule has 1 aromatic carbocycles. The van der Waals surface area contributed by atoms with Crippen LogP contribution in [0.25, 0.3) is 10.2 Å². The first-order valence-corrected chi connectivity index (χ1v) is 10.1. The Kier molecular flexibility index (Phi) is 4.27. The molecule has 1 N–H and O–H groups in total. The average molecular weight is 441 g/mol. The molecule has 9 heteroatoms. The van der Waals surface area contributed by atoms with Gasteiger partial charge in [0.2, 0.25) is 5.78 Å². The fourth-order valence-corrected chi connectivity index (χ4v) is 4.70. The Morgan fingerprint density at radius 2 is 2.10 bits per heavy atom. The van der Waals surface area contributed by atoms with Crippen LogP contribution in [0.15, 0.2) is 68.9 Å². The number of furan rings is 2. The highest BCUT2D eigenvalue weighted by atomic mass is 35.5. The average Bonchev–Trinajstić information content (AvgIpc) is 3.49. The van der Waals surface area contributed by atoms with E-state index in [-0.39, 0.29) is 11.3 Å². The number of thiazole rings is 1. The third kappa shape index (κ3) is 2.84. The van der Waals surface area contributed by atoms with Gasteiger partial charge in [0, 0.05) is 5.02 Å². The SMILES string of the molecule is Cc1ccc(C(=O)C2=C(O)C(=O)N(c3nc4ccc(Cl)cc4s3)C2c2ccco2)o1. The minimum atomic E-state index is -0.985. The molecule has 4 aromatic rings. The highest BCUT2D eigenvalue weighted by Crippen LogP contribution is 2.44. The number of carbonyl (C=O) groups excluding carboxylic acids is 2. The van der Waals surface area contributed by atoms with Crippen LogP contribution in [0.4, 0.5) is 5.13 Å². The number of Topliss-reactive ketones (excluding diaryl/α,β-unsaturated/α-hetero) is 1. The lowest BCUT2D eigenvalue weighted by Gasteiger charge is -2.21. The Morgan fingerprint density at radius 3 is 2.80 bits per heavy atom. The number of aryl methyl sites for hydroxylation is 1. The van der Waals surface area contributed by atoms with Crippen molar-refractivity contribution in [1.82, 2.24) is 4.98 Å². The summed E-state index contributed by atoms with van der Waals surface area (Å²) in [4.78, 5) is 32.0. The number of aliphatic hydroxyl groups excluding tert-OH is 1. The largest absolute Gasteiger partial charge is 0.503 e. The molecule has 4 heterocycles. The van der Waals surface area contributed by atoms with Crippen LogP contribution in [0, 0.1) is 6.92 Å². The van der Waals surface area contributed by atoms with Crippen LogP contribution in [0.5, 0.6) is 0 Å². The third-order valence-corrected chi connectivity index (χ3v) is 6.03. The molecule has 30 heavy (non-hydrogen) atoms. The lowest BCUT2D eigenvalue weighted by atomic mass is 10.00. The molecular weight excluding hydrogens is 428 g/mol. The van der Waals surface area contributed by atoms with Crippen molar-refractivity contribution in [2.45, 2.75) is 13.0 Å². The van der Waals surface area contributed by atoms with E-state index < -0.39 is 23.5 Å². The van der Waals surface area contributed by atoms with E-state index in [1.54, 1.807) is 43.3 Å². The van der Waals surface area contributed by atoms with Crippen molar-refractivity contribution in [2.75, 3.05) is 4.90 Å². The van der Waals surface area contributed by atoms with Crippen molar-refractivity contribution in [3.05, 3.63) is 82.4 Å². The molecule has 1 amide bonds. The minimum absolute atomic E-state index is 0.0244. The summed E-state index contributed by atoms with van der Waals surface area (Å²) in [7, 11) is 0. The predicted octanol–water partition coefficient (Wildman–Crippen LogP) is 5.23. The summed E-state index contributed by atoms with van der Waals surface area (Å²) in [6.07, 6.45) is 1.44. The van der Waals surface area contributed by atoms with Crippen molar-refractivity contribution in [2.24, 2.45) is 0 Å². The first kappa shape index (κ1) is 18.7.